The molecule has 0 radical (unpaired) electrons. The fourth-order valence-corrected chi connectivity index (χ4v) is 1.15. The van der Waals surface area contributed by atoms with Crippen LogP contribution in [0.3, 0.4) is 0 Å². The molecule has 2 nitrogen and oxygen atoms in total. The van der Waals surface area contributed by atoms with Crippen molar-refractivity contribution in [2.45, 2.75) is 46.5 Å². The highest BCUT2D eigenvalue weighted by Gasteiger charge is 2.09. The third-order valence-electron chi connectivity index (χ3n) is 1.61. The maximum Gasteiger partial charge on any atom is 0.155 e. The van der Waals surface area contributed by atoms with Crippen LogP contribution < -0.4 is 0 Å². The summed E-state index contributed by atoms with van der Waals surface area (Å²) in [4.78, 5) is 0. The molecule has 2 heteroatoms. The lowest BCUT2D eigenvalue weighted by atomic mass is 10.2. The summed E-state index contributed by atoms with van der Waals surface area (Å²) in [6.45, 7) is 8.53. The molecule has 0 rings (SSSR count). The summed E-state index contributed by atoms with van der Waals surface area (Å²) in [7, 11) is 0. The lowest BCUT2D eigenvalue weighted by Gasteiger charge is -2.18. The molecule has 0 N–H and O–H groups in total. The van der Waals surface area contributed by atoms with E-state index in [4.69, 9.17) is 15.9 Å². The van der Waals surface area contributed by atoms with Gasteiger partial charge in [0.2, 0.25) is 0 Å². The van der Waals surface area contributed by atoms with Crippen molar-refractivity contribution in [3.63, 3.8) is 0 Å². The summed E-state index contributed by atoms with van der Waals surface area (Å²) in [6.07, 6.45) is 7.63. The Kier molecular flexibility index (Phi) is 7.18. The lowest BCUT2D eigenvalue weighted by molar-refractivity contribution is -0.144. The Morgan fingerprint density at radius 1 is 1.50 bits per heavy atom. The molecule has 0 aliphatic rings. The molecular weight excluding hydrogens is 176 g/mol. The molecule has 0 fully saturated rings. The fourth-order valence-electron chi connectivity index (χ4n) is 1.15. The van der Waals surface area contributed by atoms with E-state index in [2.05, 4.69) is 5.92 Å². The number of allylic oxidation sites excluding steroid dienone is 1. The Hall–Kier alpha value is -0.780. The van der Waals surface area contributed by atoms with Crippen LogP contribution in [0.1, 0.15) is 34.1 Å². The first-order chi connectivity index (χ1) is 6.60. The Bertz CT molecular complexity index is 209. The molecule has 80 valence electrons. The van der Waals surface area contributed by atoms with Crippen LogP contribution in [0.25, 0.3) is 0 Å². The molecule has 0 aromatic heterocycles. The number of rotatable bonds is 6. The SMILES string of the molecule is C#CCC(C=C(C)C)OC(C)OCC. The van der Waals surface area contributed by atoms with Crippen LogP contribution in [0.5, 0.6) is 0 Å². The molecule has 0 heterocycles. The normalized spacial score (nSPS) is 14.2. The van der Waals surface area contributed by atoms with Crippen LogP contribution in [-0.4, -0.2) is 19.0 Å². The maximum absolute atomic E-state index is 5.60. The van der Waals surface area contributed by atoms with Gasteiger partial charge in [0.25, 0.3) is 0 Å². The zero-order valence-corrected chi connectivity index (χ0v) is 9.54. The van der Waals surface area contributed by atoms with Gasteiger partial charge in [0.05, 0.1) is 6.10 Å². The van der Waals surface area contributed by atoms with Crippen LogP contribution >= 0.6 is 0 Å². The van der Waals surface area contributed by atoms with E-state index < -0.39 is 0 Å². The third-order valence-corrected chi connectivity index (χ3v) is 1.61. The van der Waals surface area contributed by atoms with Gasteiger partial charge in [0.1, 0.15) is 0 Å². The van der Waals surface area contributed by atoms with E-state index in [1.807, 2.05) is 33.8 Å². The molecule has 2 atom stereocenters. The standard InChI is InChI=1S/C12H20O2/c1-6-8-12(9-10(3)4)14-11(5)13-7-2/h1,9,11-12H,7-8H2,2-5H3. The summed E-state index contributed by atoms with van der Waals surface area (Å²) in [5.74, 6) is 2.60. The van der Waals surface area contributed by atoms with Crippen LogP contribution in [-0.2, 0) is 9.47 Å². The van der Waals surface area contributed by atoms with Gasteiger partial charge in [-0.3, -0.25) is 0 Å². The van der Waals surface area contributed by atoms with Crippen LogP contribution in [0.4, 0.5) is 0 Å². The van der Waals surface area contributed by atoms with Crippen molar-refractivity contribution in [3.8, 4) is 12.3 Å². The second-order valence-electron chi connectivity index (χ2n) is 3.35. The second-order valence-corrected chi connectivity index (χ2v) is 3.35. The van der Waals surface area contributed by atoms with Gasteiger partial charge in [-0.25, -0.2) is 0 Å². The van der Waals surface area contributed by atoms with Gasteiger partial charge in [-0.05, 0) is 27.7 Å². The zero-order valence-electron chi connectivity index (χ0n) is 9.54. The third kappa shape index (κ3) is 6.71. The van der Waals surface area contributed by atoms with E-state index in [-0.39, 0.29) is 12.4 Å². The molecule has 0 aliphatic heterocycles. The van der Waals surface area contributed by atoms with Crippen LogP contribution in [0.15, 0.2) is 11.6 Å². The minimum atomic E-state index is -0.200. The Morgan fingerprint density at radius 2 is 2.14 bits per heavy atom. The van der Waals surface area contributed by atoms with Crippen molar-refractivity contribution in [3.05, 3.63) is 11.6 Å². The minimum Gasteiger partial charge on any atom is -0.353 e. The highest BCUT2D eigenvalue weighted by molar-refractivity contribution is 5.03. The molecular formula is C12H20O2. The summed E-state index contributed by atoms with van der Waals surface area (Å²) < 4.78 is 10.9. The van der Waals surface area contributed by atoms with Gasteiger partial charge >= 0.3 is 0 Å². The predicted octanol–water partition coefficient (Wildman–Crippen LogP) is 2.74. The largest absolute Gasteiger partial charge is 0.353 e. The average Bonchev–Trinajstić information content (AvgIpc) is 2.03. The van der Waals surface area contributed by atoms with E-state index in [1.54, 1.807) is 0 Å². The van der Waals surface area contributed by atoms with Crippen molar-refractivity contribution in [2.75, 3.05) is 6.61 Å². The quantitative estimate of drug-likeness (QED) is 0.369. The smallest absolute Gasteiger partial charge is 0.155 e. The van der Waals surface area contributed by atoms with Gasteiger partial charge in [0.15, 0.2) is 6.29 Å². The lowest BCUT2D eigenvalue weighted by Crippen LogP contribution is -2.20. The Morgan fingerprint density at radius 3 is 2.57 bits per heavy atom. The number of ether oxygens (including phenoxy) is 2. The first-order valence-electron chi connectivity index (χ1n) is 4.95. The van der Waals surface area contributed by atoms with E-state index in [1.165, 1.54) is 5.57 Å². The highest BCUT2D eigenvalue weighted by atomic mass is 16.7. The molecule has 0 aromatic carbocycles. The monoisotopic (exact) mass is 196 g/mol. The van der Waals surface area contributed by atoms with Gasteiger partial charge in [-0.15, -0.1) is 12.3 Å². The fraction of sp³-hybridized carbons (Fsp3) is 0.667. The molecule has 14 heavy (non-hydrogen) atoms. The van der Waals surface area contributed by atoms with E-state index >= 15 is 0 Å². The van der Waals surface area contributed by atoms with Gasteiger partial charge in [0, 0.05) is 13.0 Å². The molecule has 0 bridgehead atoms. The van der Waals surface area contributed by atoms with Gasteiger partial charge in [-0.1, -0.05) is 11.6 Å². The minimum absolute atomic E-state index is 0.0356. The van der Waals surface area contributed by atoms with E-state index in [9.17, 15) is 0 Å². The maximum atomic E-state index is 5.60. The molecule has 0 aromatic rings. The van der Waals surface area contributed by atoms with Crippen molar-refractivity contribution in [1.29, 1.82) is 0 Å². The number of hydrogen-bond acceptors (Lipinski definition) is 2. The van der Waals surface area contributed by atoms with E-state index in [0.29, 0.717) is 13.0 Å². The predicted molar refractivity (Wildman–Crippen MR) is 58.8 cm³/mol. The summed E-state index contributed by atoms with van der Waals surface area (Å²) >= 11 is 0. The first-order valence-corrected chi connectivity index (χ1v) is 4.95. The van der Waals surface area contributed by atoms with Crippen molar-refractivity contribution in [1.82, 2.24) is 0 Å². The number of hydrogen-bond donors (Lipinski definition) is 0. The topological polar surface area (TPSA) is 18.5 Å². The average molecular weight is 196 g/mol. The van der Waals surface area contributed by atoms with Crippen LogP contribution in [0.2, 0.25) is 0 Å². The molecule has 0 amide bonds. The Labute approximate surface area is 87.3 Å². The van der Waals surface area contributed by atoms with Gasteiger partial charge in [-0.2, -0.15) is 0 Å². The van der Waals surface area contributed by atoms with Crippen molar-refractivity contribution in [2.24, 2.45) is 0 Å². The van der Waals surface area contributed by atoms with Gasteiger partial charge < -0.3 is 9.47 Å². The molecule has 0 spiro atoms. The molecule has 0 saturated heterocycles. The summed E-state index contributed by atoms with van der Waals surface area (Å²) in [6, 6.07) is 0. The summed E-state index contributed by atoms with van der Waals surface area (Å²) in [5.41, 5.74) is 1.20. The second kappa shape index (κ2) is 7.61. The van der Waals surface area contributed by atoms with E-state index in [0.717, 1.165) is 0 Å². The molecule has 0 saturated carbocycles. The Balaban J connectivity index is 4.10. The van der Waals surface area contributed by atoms with Crippen molar-refractivity contribution >= 4 is 0 Å². The zero-order chi connectivity index (χ0) is 11.0. The highest BCUT2D eigenvalue weighted by Crippen LogP contribution is 2.07. The summed E-state index contributed by atoms with van der Waals surface area (Å²) in [5, 5.41) is 0. The number of terminal acetylenes is 1. The molecule has 0 aliphatic carbocycles. The van der Waals surface area contributed by atoms with Crippen LogP contribution in [0, 0.1) is 12.3 Å². The van der Waals surface area contributed by atoms with Crippen molar-refractivity contribution < 1.29 is 9.47 Å². The first kappa shape index (κ1) is 13.2. The molecule has 2 unspecified atom stereocenters.